The number of Topliss-reactive ketones (excluding diaryl/α,β-unsaturated/α-hetero) is 2. The molecule has 0 bridgehead atoms. The second kappa shape index (κ2) is 4.90. The number of phenolic OH excluding ortho intramolecular Hbond substituents is 1. The van der Waals surface area contributed by atoms with Gasteiger partial charge in [0.1, 0.15) is 21.9 Å². The standard InChI is InChI=1S/C13H11NO6S/c1-6(15)8-5-9(7(2)16)14-13-10(17)3-4-11(12(8)13)21(18,19)20/h3-5,17H,1-2H3,(H,18,19,20). The molecule has 0 atom stereocenters. The maximum Gasteiger partial charge on any atom is 0.295 e. The average Bonchev–Trinajstić information content (AvgIpc) is 2.36. The average molecular weight is 309 g/mol. The van der Waals surface area contributed by atoms with Crippen molar-refractivity contribution in [3.8, 4) is 5.75 Å². The Morgan fingerprint density at radius 1 is 1.14 bits per heavy atom. The molecule has 0 spiro atoms. The van der Waals surface area contributed by atoms with E-state index in [0.29, 0.717) is 0 Å². The molecule has 110 valence electrons. The minimum absolute atomic E-state index is 0.0875. The Hall–Kier alpha value is -2.32. The second-order valence-electron chi connectivity index (χ2n) is 4.45. The largest absolute Gasteiger partial charge is 0.506 e. The Balaban J connectivity index is 3.11. The maximum atomic E-state index is 11.7. The van der Waals surface area contributed by atoms with Crippen LogP contribution in [0.5, 0.6) is 5.75 Å². The fourth-order valence-corrected chi connectivity index (χ4v) is 2.67. The van der Waals surface area contributed by atoms with Gasteiger partial charge in [0.2, 0.25) is 0 Å². The maximum absolute atomic E-state index is 11.7. The SMILES string of the molecule is CC(=O)c1cc(C(C)=O)c2c(S(=O)(=O)O)ccc(O)c2n1. The van der Waals surface area contributed by atoms with Crippen LogP contribution < -0.4 is 0 Å². The molecule has 21 heavy (non-hydrogen) atoms. The summed E-state index contributed by atoms with van der Waals surface area (Å²) < 4.78 is 32.1. The first-order chi connectivity index (χ1) is 9.62. The van der Waals surface area contributed by atoms with Gasteiger partial charge in [-0.1, -0.05) is 0 Å². The van der Waals surface area contributed by atoms with Crippen molar-refractivity contribution in [3.05, 3.63) is 29.5 Å². The van der Waals surface area contributed by atoms with Gasteiger partial charge in [0.05, 0.1) is 0 Å². The number of ketones is 2. The van der Waals surface area contributed by atoms with Crippen LogP contribution in [0.3, 0.4) is 0 Å². The summed E-state index contributed by atoms with van der Waals surface area (Å²) >= 11 is 0. The molecule has 2 aromatic rings. The van der Waals surface area contributed by atoms with Crippen molar-refractivity contribution in [1.82, 2.24) is 4.98 Å². The minimum Gasteiger partial charge on any atom is -0.506 e. The van der Waals surface area contributed by atoms with Gasteiger partial charge in [-0.25, -0.2) is 4.98 Å². The molecule has 0 fully saturated rings. The van der Waals surface area contributed by atoms with Gasteiger partial charge in [0.15, 0.2) is 11.6 Å². The van der Waals surface area contributed by atoms with E-state index in [1.807, 2.05) is 0 Å². The summed E-state index contributed by atoms with van der Waals surface area (Å²) in [5.74, 6) is -1.38. The molecular formula is C13H11NO6S. The third-order valence-electron chi connectivity index (χ3n) is 2.92. The van der Waals surface area contributed by atoms with E-state index in [1.165, 1.54) is 13.8 Å². The number of nitrogens with zero attached hydrogens (tertiary/aromatic N) is 1. The highest BCUT2D eigenvalue weighted by atomic mass is 32.2. The van der Waals surface area contributed by atoms with Crippen molar-refractivity contribution in [2.24, 2.45) is 0 Å². The number of fused-ring (bicyclic) bond motifs is 1. The Labute approximate surface area is 120 Å². The minimum atomic E-state index is -4.62. The van der Waals surface area contributed by atoms with Gasteiger partial charge in [0.25, 0.3) is 10.1 Å². The number of carbonyl (C=O) groups is 2. The van der Waals surface area contributed by atoms with Gasteiger partial charge in [0, 0.05) is 17.9 Å². The number of phenols is 1. The molecule has 8 heteroatoms. The van der Waals surface area contributed by atoms with Crippen molar-refractivity contribution in [2.45, 2.75) is 18.7 Å². The highest BCUT2D eigenvalue weighted by molar-refractivity contribution is 7.86. The van der Waals surface area contributed by atoms with E-state index in [9.17, 15) is 27.7 Å². The summed E-state index contributed by atoms with van der Waals surface area (Å²) in [7, 11) is -4.62. The van der Waals surface area contributed by atoms with Gasteiger partial charge in [-0.15, -0.1) is 0 Å². The quantitative estimate of drug-likeness (QED) is 0.652. The predicted molar refractivity (Wildman–Crippen MR) is 73.2 cm³/mol. The number of aromatic nitrogens is 1. The highest BCUT2D eigenvalue weighted by Gasteiger charge is 2.23. The third-order valence-corrected chi connectivity index (χ3v) is 3.81. The van der Waals surface area contributed by atoms with Crippen LogP contribution >= 0.6 is 0 Å². The first-order valence-corrected chi connectivity index (χ1v) is 7.23. The third kappa shape index (κ3) is 2.63. The second-order valence-corrected chi connectivity index (χ2v) is 5.84. The first kappa shape index (κ1) is 15.1. The van der Waals surface area contributed by atoms with Gasteiger partial charge in [-0.2, -0.15) is 8.42 Å². The van der Waals surface area contributed by atoms with Crippen LogP contribution in [0.25, 0.3) is 10.9 Å². The number of carbonyl (C=O) groups excluding carboxylic acids is 2. The number of pyridine rings is 1. The van der Waals surface area contributed by atoms with Crippen LogP contribution in [0.2, 0.25) is 0 Å². The molecule has 1 heterocycles. The molecular weight excluding hydrogens is 298 g/mol. The summed E-state index contributed by atoms with van der Waals surface area (Å²) in [4.78, 5) is 26.5. The number of rotatable bonds is 3. The van der Waals surface area contributed by atoms with Gasteiger partial charge >= 0.3 is 0 Å². The number of hydrogen-bond acceptors (Lipinski definition) is 6. The van der Waals surface area contributed by atoms with E-state index in [4.69, 9.17) is 0 Å². The zero-order valence-electron chi connectivity index (χ0n) is 11.1. The van der Waals surface area contributed by atoms with Crippen LogP contribution in [0.4, 0.5) is 0 Å². The lowest BCUT2D eigenvalue weighted by atomic mass is 10.0. The zero-order chi connectivity index (χ0) is 15.9. The summed E-state index contributed by atoms with van der Waals surface area (Å²) in [5.41, 5.74) is -0.438. The lowest BCUT2D eigenvalue weighted by molar-refractivity contribution is 0.101. The molecule has 0 unspecified atom stereocenters. The lowest BCUT2D eigenvalue weighted by Gasteiger charge is -2.10. The molecule has 0 aliphatic carbocycles. The molecule has 1 aromatic carbocycles. The molecule has 0 saturated heterocycles. The fraction of sp³-hybridized carbons (Fsp3) is 0.154. The van der Waals surface area contributed by atoms with Gasteiger partial charge in [-0.05, 0) is 25.1 Å². The lowest BCUT2D eigenvalue weighted by Crippen LogP contribution is -2.07. The first-order valence-electron chi connectivity index (χ1n) is 5.79. The number of aromatic hydroxyl groups is 1. The Kier molecular flexibility index (Phi) is 3.52. The van der Waals surface area contributed by atoms with Crippen LogP contribution in [-0.2, 0) is 10.1 Å². The normalized spacial score (nSPS) is 11.6. The van der Waals surface area contributed by atoms with E-state index in [-0.39, 0.29) is 22.2 Å². The van der Waals surface area contributed by atoms with Crippen molar-refractivity contribution < 1.29 is 27.7 Å². The number of hydrogen-bond donors (Lipinski definition) is 2. The predicted octanol–water partition coefficient (Wildman–Crippen LogP) is 1.59. The molecule has 0 amide bonds. The summed E-state index contributed by atoms with van der Waals surface area (Å²) in [6.45, 7) is 2.40. The Morgan fingerprint density at radius 2 is 1.76 bits per heavy atom. The smallest absolute Gasteiger partial charge is 0.295 e. The summed E-state index contributed by atoms with van der Waals surface area (Å²) in [6.07, 6.45) is 0. The Morgan fingerprint density at radius 3 is 2.24 bits per heavy atom. The molecule has 0 aliphatic rings. The molecule has 2 rings (SSSR count). The van der Waals surface area contributed by atoms with Crippen molar-refractivity contribution >= 4 is 32.6 Å². The fourth-order valence-electron chi connectivity index (χ4n) is 1.97. The van der Waals surface area contributed by atoms with Gasteiger partial charge < -0.3 is 5.11 Å². The van der Waals surface area contributed by atoms with Crippen molar-refractivity contribution in [1.29, 1.82) is 0 Å². The number of benzene rings is 1. The van der Waals surface area contributed by atoms with Gasteiger partial charge in [-0.3, -0.25) is 14.1 Å². The highest BCUT2D eigenvalue weighted by Crippen LogP contribution is 2.32. The monoisotopic (exact) mass is 309 g/mol. The molecule has 2 N–H and O–H groups in total. The molecule has 0 aliphatic heterocycles. The van der Waals surface area contributed by atoms with E-state index in [1.54, 1.807) is 0 Å². The molecule has 7 nitrogen and oxygen atoms in total. The summed E-state index contributed by atoms with van der Waals surface area (Å²) in [5, 5.41) is 9.60. The van der Waals surface area contributed by atoms with Crippen molar-refractivity contribution in [2.75, 3.05) is 0 Å². The van der Waals surface area contributed by atoms with E-state index in [0.717, 1.165) is 18.2 Å². The molecule has 1 aromatic heterocycles. The zero-order valence-corrected chi connectivity index (χ0v) is 11.9. The van der Waals surface area contributed by atoms with Crippen LogP contribution in [0.1, 0.15) is 34.7 Å². The van der Waals surface area contributed by atoms with E-state index >= 15 is 0 Å². The Bertz CT molecular complexity index is 885. The van der Waals surface area contributed by atoms with E-state index < -0.39 is 32.3 Å². The van der Waals surface area contributed by atoms with E-state index in [2.05, 4.69) is 4.98 Å². The van der Waals surface area contributed by atoms with Crippen molar-refractivity contribution in [3.63, 3.8) is 0 Å². The van der Waals surface area contributed by atoms with Crippen LogP contribution in [0.15, 0.2) is 23.1 Å². The topological polar surface area (TPSA) is 122 Å². The molecule has 0 radical (unpaired) electrons. The molecule has 0 saturated carbocycles. The summed E-state index contributed by atoms with van der Waals surface area (Å²) in [6, 6.07) is 3.13. The van der Waals surface area contributed by atoms with Crippen LogP contribution in [0, 0.1) is 0 Å². The van der Waals surface area contributed by atoms with Crippen LogP contribution in [-0.4, -0.2) is 34.6 Å².